The molecule has 0 saturated heterocycles. The lowest BCUT2D eigenvalue weighted by atomic mass is 10.1. The third kappa shape index (κ3) is 2.08. The molecule has 0 atom stereocenters. The van der Waals surface area contributed by atoms with Crippen LogP contribution in [0, 0.1) is 10.1 Å². The Morgan fingerprint density at radius 2 is 2.00 bits per heavy atom. The van der Waals surface area contributed by atoms with E-state index in [2.05, 4.69) is 4.98 Å². The van der Waals surface area contributed by atoms with Gasteiger partial charge in [0.05, 0.1) is 21.0 Å². The van der Waals surface area contributed by atoms with E-state index in [9.17, 15) is 23.3 Å². The summed E-state index contributed by atoms with van der Waals surface area (Å²) in [6.07, 6.45) is -3.66. The normalized spacial score (nSPS) is 11.8. The van der Waals surface area contributed by atoms with E-state index < -0.39 is 22.4 Å². The van der Waals surface area contributed by atoms with Crippen LogP contribution < -0.4 is 0 Å². The first-order chi connectivity index (χ1) is 8.30. The molecule has 2 rings (SSSR count). The molecule has 0 spiro atoms. The summed E-state index contributed by atoms with van der Waals surface area (Å²) in [7, 11) is 0. The van der Waals surface area contributed by atoms with Crippen molar-refractivity contribution in [2.75, 3.05) is 0 Å². The van der Waals surface area contributed by atoms with E-state index in [1.807, 2.05) is 0 Å². The molecule has 0 saturated carbocycles. The lowest BCUT2D eigenvalue weighted by molar-refractivity contribution is -0.384. The van der Waals surface area contributed by atoms with Crippen molar-refractivity contribution in [2.45, 2.75) is 6.18 Å². The second-order valence-electron chi connectivity index (χ2n) is 3.44. The summed E-state index contributed by atoms with van der Waals surface area (Å²) in [5.41, 5.74) is -1.53. The fraction of sp³-hybridized carbons (Fsp3) is 0.100. The van der Waals surface area contributed by atoms with Gasteiger partial charge in [0.2, 0.25) is 0 Å². The highest BCUT2D eigenvalue weighted by Gasteiger charge is 2.34. The first-order valence-corrected chi connectivity index (χ1v) is 4.98. The molecule has 2 aromatic rings. The third-order valence-corrected chi connectivity index (χ3v) is 2.59. The van der Waals surface area contributed by atoms with Crippen LogP contribution in [0.5, 0.6) is 0 Å². The van der Waals surface area contributed by atoms with E-state index in [1.165, 1.54) is 0 Å². The number of non-ortho nitro benzene ring substituents is 1. The zero-order valence-electron chi connectivity index (χ0n) is 8.53. The number of pyridine rings is 1. The van der Waals surface area contributed by atoms with Gasteiger partial charge in [-0.3, -0.25) is 15.1 Å². The van der Waals surface area contributed by atoms with Gasteiger partial charge in [0.15, 0.2) is 0 Å². The predicted octanol–water partition coefficient (Wildman–Crippen LogP) is 3.82. The highest BCUT2D eigenvalue weighted by atomic mass is 35.5. The summed E-state index contributed by atoms with van der Waals surface area (Å²) in [6.45, 7) is 0. The van der Waals surface area contributed by atoms with Crippen LogP contribution in [0.2, 0.25) is 5.02 Å². The molecule has 4 nitrogen and oxygen atoms in total. The summed E-state index contributed by atoms with van der Waals surface area (Å²) in [4.78, 5) is 13.5. The Morgan fingerprint density at radius 1 is 1.33 bits per heavy atom. The number of hydrogen-bond donors (Lipinski definition) is 0. The quantitative estimate of drug-likeness (QED) is 0.588. The minimum Gasteiger partial charge on any atom is -0.258 e. The van der Waals surface area contributed by atoms with Crippen LogP contribution in [-0.2, 0) is 6.18 Å². The zero-order chi connectivity index (χ0) is 13.5. The minimum atomic E-state index is -4.60. The minimum absolute atomic E-state index is 0.163. The smallest absolute Gasteiger partial charge is 0.258 e. The number of halogens is 4. The van der Waals surface area contributed by atoms with Gasteiger partial charge in [-0.15, -0.1) is 0 Å². The van der Waals surface area contributed by atoms with Crippen molar-refractivity contribution in [1.82, 2.24) is 4.98 Å². The van der Waals surface area contributed by atoms with Gasteiger partial charge in [-0.1, -0.05) is 11.6 Å². The van der Waals surface area contributed by atoms with E-state index in [0.717, 1.165) is 24.4 Å². The van der Waals surface area contributed by atoms with E-state index in [0.29, 0.717) is 0 Å². The number of nitro groups is 1. The summed E-state index contributed by atoms with van der Waals surface area (Å²) in [5, 5.41) is 9.89. The number of hydrogen-bond acceptors (Lipinski definition) is 3. The van der Waals surface area contributed by atoms with Crippen LogP contribution in [0.3, 0.4) is 0 Å². The second-order valence-corrected chi connectivity index (χ2v) is 3.84. The van der Waals surface area contributed by atoms with Crippen LogP contribution in [-0.4, -0.2) is 9.91 Å². The van der Waals surface area contributed by atoms with Crippen LogP contribution in [0.15, 0.2) is 24.4 Å². The third-order valence-electron chi connectivity index (χ3n) is 2.29. The number of benzene rings is 1. The molecule has 0 amide bonds. The topological polar surface area (TPSA) is 56.0 Å². The van der Waals surface area contributed by atoms with E-state index in [1.54, 1.807) is 0 Å². The summed E-state index contributed by atoms with van der Waals surface area (Å²) in [6, 6.07) is 2.61. The molecule has 8 heteroatoms. The number of aromatic nitrogens is 1. The van der Waals surface area contributed by atoms with Crippen molar-refractivity contribution in [3.8, 4) is 0 Å². The number of nitro benzene ring substituents is 1. The highest BCUT2D eigenvalue weighted by molar-refractivity contribution is 6.36. The molecule has 1 aromatic carbocycles. The van der Waals surface area contributed by atoms with Gasteiger partial charge >= 0.3 is 6.18 Å². The number of fused-ring (bicyclic) bond motifs is 1. The molecular weight excluding hydrogens is 273 g/mol. The molecule has 0 aliphatic rings. The standard InChI is InChI=1S/C10H4ClF3N2O2/c11-7-3-5(16(17)18)4-8-9(7)6(1-2-15-8)10(12,13)14/h1-4H. The van der Waals surface area contributed by atoms with Crippen LogP contribution in [0.25, 0.3) is 10.9 Å². The van der Waals surface area contributed by atoms with Gasteiger partial charge in [0.1, 0.15) is 0 Å². The van der Waals surface area contributed by atoms with Gasteiger partial charge < -0.3 is 0 Å². The van der Waals surface area contributed by atoms with Gasteiger partial charge in [0, 0.05) is 23.7 Å². The van der Waals surface area contributed by atoms with Gasteiger partial charge in [0.25, 0.3) is 5.69 Å². The van der Waals surface area contributed by atoms with Gasteiger partial charge in [-0.2, -0.15) is 13.2 Å². The first-order valence-electron chi connectivity index (χ1n) is 4.60. The van der Waals surface area contributed by atoms with Gasteiger partial charge in [-0.05, 0) is 6.07 Å². The van der Waals surface area contributed by atoms with Crippen LogP contribution in [0.4, 0.5) is 18.9 Å². The van der Waals surface area contributed by atoms with Crippen molar-refractivity contribution in [2.24, 2.45) is 0 Å². The van der Waals surface area contributed by atoms with E-state index in [4.69, 9.17) is 11.6 Å². The van der Waals surface area contributed by atoms with Crippen molar-refractivity contribution in [1.29, 1.82) is 0 Å². The monoisotopic (exact) mass is 276 g/mol. The maximum absolute atomic E-state index is 12.7. The Morgan fingerprint density at radius 3 is 2.56 bits per heavy atom. The Hall–Kier alpha value is -1.89. The molecule has 0 aliphatic heterocycles. The molecule has 0 bridgehead atoms. The molecule has 0 aliphatic carbocycles. The van der Waals surface area contributed by atoms with Crippen LogP contribution in [0.1, 0.15) is 5.56 Å². The molecule has 1 aromatic heterocycles. The molecule has 1 heterocycles. The van der Waals surface area contributed by atoms with Crippen molar-refractivity contribution in [3.63, 3.8) is 0 Å². The molecular formula is C10H4ClF3N2O2. The number of nitrogens with zero attached hydrogens (tertiary/aromatic N) is 2. The van der Waals surface area contributed by atoms with E-state index >= 15 is 0 Å². The van der Waals surface area contributed by atoms with Gasteiger partial charge in [-0.25, -0.2) is 0 Å². The Bertz CT molecular complexity index is 643. The Labute approximate surface area is 103 Å². The average molecular weight is 277 g/mol. The maximum atomic E-state index is 12.7. The predicted molar refractivity (Wildman–Crippen MR) is 58.4 cm³/mol. The number of alkyl halides is 3. The molecule has 0 unspecified atom stereocenters. The first kappa shape index (κ1) is 12.6. The zero-order valence-corrected chi connectivity index (χ0v) is 9.29. The lowest BCUT2D eigenvalue weighted by Crippen LogP contribution is -2.06. The largest absolute Gasteiger partial charge is 0.417 e. The van der Waals surface area contributed by atoms with Crippen molar-refractivity contribution in [3.05, 3.63) is 45.1 Å². The van der Waals surface area contributed by atoms with Crippen LogP contribution >= 0.6 is 11.6 Å². The Kier molecular flexibility index (Phi) is 2.86. The molecule has 0 fully saturated rings. The summed E-state index contributed by atoms with van der Waals surface area (Å²) in [5.74, 6) is 0. The lowest BCUT2D eigenvalue weighted by Gasteiger charge is -2.10. The maximum Gasteiger partial charge on any atom is 0.417 e. The molecule has 0 N–H and O–H groups in total. The molecule has 18 heavy (non-hydrogen) atoms. The summed E-state index contributed by atoms with van der Waals surface area (Å²) >= 11 is 5.67. The van der Waals surface area contributed by atoms with E-state index in [-0.39, 0.29) is 15.9 Å². The molecule has 94 valence electrons. The fourth-order valence-electron chi connectivity index (χ4n) is 1.56. The molecule has 0 radical (unpaired) electrons. The average Bonchev–Trinajstić information content (AvgIpc) is 2.26. The van der Waals surface area contributed by atoms with Crippen molar-refractivity contribution < 1.29 is 18.1 Å². The highest BCUT2D eigenvalue weighted by Crippen LogP contribution is 2.38. The number of rotatable bonds is 1. The SMILES string of the molecule is O=[N+]([O-])c1cc(Cl)c2c(C(F)(F)F)ccnc2c1. The second kappa shape index (κ2) is 4.09. The summed E-state index contributed by atoms with van der Waals surface area (Å²) < 4.78 is 38.2. The van der Waals surface area contributed by atoms with Crippen molar-refractivity contribution >= 4 is 28.2 Å². The Balaban J connectivity index is 2.83. The fourth-order valence-corrected chi connectivity index (χ4v) is 1.87.